The molecule has 1 aromatic rings. The van der Waals surface area contributed by atoms with Gasteiger partial charge >= 0.3 is 0 Å². The fourth-order valence-electron chi connectivity index (χ4n) is 2.96. The zero-order valence-electron chi connectivity index (χ0n) is 10.6. The summed E-state index contributed by atoms with van der Waals surface area (Å²) in [6.07, 6.45) is 8.25. The molecule has 0 atom stereocenters. The van der Waals surface area contributed by atoms with Gasteiger partial charge in [-0.05, 0) is 74.6 Å². The highest BCUT2D eigenvalue weighted by Gasteiger charge is 2.23. The molecule has 1 heteroatoms. The van der Waals surface area contributed by atoms with E-state index < -0.39 is 0 Å². The molecule has 1 nitrogen and oxygen atoms in total. The van der Waals surface area contributed by atoms with Crippen molar-refractivity contribution in [2.75, 3.05) is 13.1 Å². The van der Waals surface area contributed by atoms with Crippen LogP contribution in [-0.4, -0.2) is 13.1 Å². The van der Waals surface area contributed by atoms with Crippen molar-refractivity contribution < 1.29 is 0 Å². The first-order chi connectivity index (χ1) is 8.42. The molecule has 1 saturated heterocycles. The van der Waals surface area contributed by atoms with Crippen LogP contribution < -0.4 is 5.32 Å². The van der Waals surface area contributed by atoms with Gasteiger partial charge in [0.05, 0.1) is 0 Å². The van der Waals surface area contributed by atoms with Crippen LogP contribution in [-0.2, 0) is 6.42 Å². The Bertz CT molecular complexity index is 362. The average Bonchev–Trinajstić information content (AvgIpc) is 3.22. The number of benzene rings is 1. The lowest BCUT2D eigenvalue weighted by Crippen LogP contribution is -2.27. The zero-order valence-corrected chi connectivity index (χ0v) is 10.6. The SMILES string of the molecule is c1cc(CCC2CCNCC2)cc(C2CC2)c1. The Labute approximate surface area is 105 Å². The van der Waals surface area contributed by atoms with Gasteiger partial charge in [0.15, 0.2) is 0 Å². The van der Waals surface area contributed by atoms with E-state index in [2.05, 4.69) is 29.6 Å². The van der Waals surface area contributed by atoms with E-state index in [4.69, 9.17) is 0 Å². The molecule has 0 amide bonds. The topological polar surface area (TPSA) is 12.0 Å². The molecule has 1 saturated carbocycles. The minimum atomic E-state index is 0.897. The van der Waals surface area contributed by atoms with Gasteiger partial charge in [-0.25, -0.2) is 0 Å². The number of hydrogen-bond acceptors (Lipinski definition) is 1. The van der Waals surface area contributed by atoms with E-state index in [0.29, 0.717) is 0 Å². The van der Waals surface area contributed by atoms with Crippen molar-refractivity contribution in [2.45, 2.75) is 44.4 Å². The van der Waals surface area contributed by atoms with Gasteiger partial charge in [0.2, 0.25) is 0 Å². The van der Waals surface area contributed by atoms with Crippen LogP contribution >= 0.6 is 0 Å². The Morgan fingerprint density at radius 2 is 1.88 bits per heavy atom. The van der Waals surface area contributed by atoms with Gasteiger partial charge in [-0.15, -0.1) is 0 Å². The summed E-state index contributed by atoms with van der Waals surface area (Å²) in [5.41, 5.74) is 3.15. The molecule has 0 aromatic heterocycles. The van der Waals surface area contributed by atoms with E-state index >= 15 is 0 Å². The summed E-state index contributed by atoms with van der Waals surface area (Å²) in [5.74, 6) is 1.86. The largest absolute Gasteiger partial charge is 0.317 e. The van der Waals surface area contributed by atoms with Crippen molar-refractivity contribution in [3.63, 3.8) is 0 Å². The first-order valence-corrected chi connectivity index (χ1v) is 7.21. The van der Waals surface area contributed by atoms with Gasteiger partial charge in [-0.3, -0.25) is 0 Å². The molecule has 92 valence electrons. The molecule has 2 fully saturated rings. The van der Waals surface area contributed by atoms with E-state index in [1.807, 2.05) is 0 Å². The third kappa shape index (κ3) is 3.10. The Morgan fingerprint density at radius 1 is 1.06 bits per heavy atom. The molecular weight excluding hydrogens is 206 g/mol. The van der Waals surface area contributed by atoms with Crippen LogP contribution in [0.5, 0.6) is 0 Å². The summed E-state index contributed by atoms with van der Waals surface area (Å²) in [6.45, 7) is 2.46. The van der Waals surface area contributed by atoms with Crippen molar-refractivity contribution in [1.29, 1.82) is 0 Å². The van der Waals surface area contributed by atoms with Crippen molar-refractivity contribution in [1.82, 2.24) is 5.32 Å². The second-order valence-electron chi connectivity index (χ2n) is 5.75. The van der Waals surface area contributed by atoms with Crippen molar-refractivity contribution in [2.24, 2.45) is 5.92 Å². The second-order valence-corrected chi connectivity index (χ2v) is 5.75. The average molecular weight is 229 g/mol. The molecule has 1 aliphatic carbocycles. The molecule has 17 heavy (non-hydrogen) atoms. The molecule has 2 aliphatic rings. The Balaban J connectivity index is 1.54. The number of hydrogen-bond donors (Lipinski definition) is 1. The van der Waals surface area contributed by atoms with E-state index in [0.717, 1.165) is 11.8 Å². The summed E-state index contributed by atoms with van der Waals surface area (Å²) in [6, 6.07) is 9.34. The minimum Gasteiger partial charge on any atom is -0.317 e. The lowest BCUT2D eigenvalue weighted by molar-refractivity contribution is 0.354. The predicted octanol–water partition coefficient (Wildman–Crippen LogP) is 3.50. The summed E-state index contributed by atoms with van der Waals surface area (Å²) >= 11 is 0. The van der Waals surface area contributed by atoms with Crippen molar-refractivity contribution in [3.05, 3.63) is 35.4 Å². The van der Waals surface area contributed by atoms with E-state index in [9.17, 15) is 0 Å². The van der Waals surface area contributed by atoms with Crippen LogP contribution in [0.4, 0.5) is 0 Å². The molecule has 0 bridgehead atoms. The molecule has 1 heterocycles. The van der Waals surface area contributed by atoms with E-state index in [-0.39, 0.29) is 0 Å². The van der Waals surface area contributed by atoms with Crippen molar-refractivity contribution in [3.8, 4) is 0 Å². The molecule has 0 unspecified atom stereocenters. The second kappa shape index (κ2) is 5.22. The highest BCUT2D eigenvalue weighted by Crippen LogP contribution is 2.40. The van der Waals surface area contributed by atoms with Gasteiger partial charge in [-0.1, -0.05) is 24.3 Å². The Hall–Kier alpha value is -0.820. The summed E-state index contributed by atoms with van der Waals surface area (Å²) < 4.78 is 0. The van der Waals surface area contributed by atoms with Crippen LogP contribution in [0.25, 0.3) is 0 Å². The predicted molar refractivity (Wildman–Crippen MR) is 72.3 cm³/mol. The van der Waals surface area contributed by atoms with E-state index in [1.165, 1.54) is 51.6 Å². The smallest absolute Gasteiger partial charge is 0.00463 e. The molecule has 1 aliphatic heterocycles. The minimum absolute atomic E-state index is 0.897. The summed E-state index contributed by atoms with van der Waals surface area (Å²) in [5, 5.41) is 3.45. The molecule has 0 spiro atoms. The molecule has 0 radical (unpaired) electrons. The maximum Gasteiger partial charge on any atom is -0.00463 e. The fraction of sp³-hybridized carbons (Fsp3) is 0.625. The molecule has 3 rings (SSSR count). The zero-order chi connectivity index (χ0) is 11.5. The third-order valence-electron chi connectivity index (χ3n) is 4.30. The van der Waals surface area contributed by atoms with Crippen LogP contribution in [0.2, 0.25) is 0 Å². The lowest BCUT2D eigenvalue weighted by Gasteiger charge is -2.22. The highest BCUT2D eigenvalue weighted by molar-refractivity contribution is 5.29. The molecule has 1 N–H and O–H groups in total. The Morgan fingerprint density at radius 3 is 2.65 bits per heavy atom. The normalized spacial score (nSPS) is 21.6. The van der Waals surface area contributed by atoms with Crippen molar-refractivity contribution >= 4 is 0 Å². The number of aryl methyl sites for hydroxylation is 1. The molecule has 1 aromatic carbocycles. The van der Waals surface area contributed by atoms with E-state index in [1.54, 1.807) is 11.1 Å². The molecular formula is C16H23N. The fourth-order valence-corrected chi connectivity index (χ4v) is 2.96. The van der Waals surface area contributed by atoms with Crippen LogP contribution in [0.3, 0.4) is 0 Å². The quantitative estimate of drug-likeness (QED) is 0.833. The third-order valence-corrected chi connectivity index (χ3v) is 4.30. The number of piperidine rings is 1. The number of nitrogens with one attached hydrogen (secondary N) is 1. The van der Waals surface area contributed by atoms with Gasteiger partial charge in [0, 0.05) is 0 Å². The standard InChI is InChI=1S/C16H23N/c1-2-14(12-16(3-1)15-6-7-15)5-4-13-8-10-17-11-9-13/h1-3,12-13,15,17H,4-11H2. The summed E-state index contributed by atoms with van der Waals surface area (Å²) in [4.78, 5) is 0. The maximum atomic E-state index is 3.45. The number of rotatable bonds is 4. The highest BCUT2D eigenvalue weighted by atomic mass is 14.9. The monoisotopic (exact) mass is 229 g/mol. The van der Waals surface area contributed by atoms with Gasteiger partial charge in [-0.2, -0.15) is 0 Å². The van der Waals surface area contributed by atoms with Crippen LogP contribution in [0.15, 0.2) is 24.3 Å². The van der Waals surface area contributed by atoms with Crippen LogP contribution in [0, 0.1) is 5.92 Å². The summed E-state index contributed by atoms with van der Waals surface area (Å²) in [7, 11) is 0. The first kappa shape index (κ1) is 11.3. The van der Waals surface area contributed by atoms with Gasteiger partial charge in [0.25, 0.3) is 0 Å². The maximum absolute atomic E-state index is 3.45. The lowest BCUT2D eigenvalue weighted by atomic mass is 9.91. The first-order valence-electron chi connectivity index (χ1n) is 7.21. The van der Waals surface area contributed by atoms with Gasteiger partial charge < -0.3 is 5.32 Å². The Kier molecular flexibility index (Phi) is 3.46. The van der Waals surface area contributed by atoms with Crippen LogP contribution in [0.1, 0.15) is 49.1 Å². The van der Waals surface area contributed by atoms with Gasteiger partial charge in [0.1, 0.15) is 0 Å².